The summed E-state index contributed by atoms with van der Waals surface area (Å²) in [6, 6.07) is 11.5. The molecular weight excluding hydrogens is 439 g/mol. The fraction of sp³-hybridized carbons (Fsp3) is 0.304. The Kier molecular flexibility index (Phi) is 7.06. The van der Waals surface area contributed by atoms with Crippen LogP contribution in [0.25, 0.3) is 0 Å². The highest BCUT2D eigenvalue weighted by atomic mass is 35.5. The van der Waals surface area contributed by atoms with Crippen LogP contribution in [-0.2, 0) is 16.6 Å². The van der Waals surface area contributed by atoms with Gasteiger partial charge in [0.05, 0.1) is 10.0 Å². The number of carbonyl (C=O) groups is 1. The molecule has 0 atom stereocenters. The van der Waals surface area contributed by atoms with Crippen LogP contribution < -0.4 is 10.1 Å². The molecule has 0 saturated carbocycles. The molecule has 3 rings (SSSR count). The molecule has 0 aliphatic heterocycles. The van der Waals surface area contributed by atoms with E-state index in [1.807, 2.05) is 31.2 Å². The number of hydrogen-bond donors (Lipinski definition) is 1. The van der Waals surface area contributed by atoms with Gasteiger partial charge in [0.2, 0.25) is 0 Å². The molecule has 158 valence electrons. The minimum Gasteiger partial charge on any atom is -0.483 e. The lowest BCUT2D eigenvalue weighted by atomic mass is 9.85. The van der Waals surface area contributed by atoms with Crippen LogP contribution in [0, 0.1) is 6.92 Å². The first-order valence-corrected chi connectivity index (χ1v) is 11.1. The summed E-state index contributed by atoms with van der Waals surface area (Å²) in [5, 5.41) is 4.40. The molecule has 1 N–H and O–H groups in total. The van der Waals surface area contributed by atoms with Crippen molar-refractivity contribution in [3.05, 3.63) is 74.2 Å². The highest BCUT2D eigenvalue weighted by Gasteiger charge is 2.20. The lowest BCUT2D eigenvalue weighted by Gasteiger charge is -2.23. The number of hydrogen-bond acceptors (Lipinski definition) is 4. The van der Waals surface area contributed by atoms with E-state index in [4.69, 9.17) is 27.9 Å². The van der Waals surface area contributed by atoms with Gasteiger partial charge in [-0.05, 0) is 41.7 Å². The van der Waals surface area contributed by atoms with Crippen LogP contribution in [0.2, 0.25) is 10.0 Å². The standard InChI is InChI=1S/C23H24Cl2N2O2S/c1-14-5-8-20(17(9-14)23(2,3)4)29-13-21(28)27-22-26-12-16(30-22)10-15-6-7-18(24)19(25)11-15/h5-9,11-12H,10,13H2,1-4H3,(H,26,27,28). The van der Waals surface area contributed by atoms with Crippen LogP contribution in [0.4, 0.5) is 5.13 Å². The Balaban J connectivity index is 1.59. The molecular formula is C23H24Cl2N2O2S. The fourth-order valence-electron chi connectivity index (χ4n) is 2.95. The fourth-order valence-corrected chi connectivity index (χ4v) is 4.14. The third kappa shape index (κ3) is 5.97. The molecule has 0 radical (unpaired) electrons. The molecule has 0 bridgehead atoms. The second-order valence-electron chi connectivity index (χ2n) is 8.14. The number of nitrogens with one attached hydrogen (secondary N) is 1. The van der Waals surface area contributed by atoms with Crippen molar-refractivity contribution < 1.29 is 9.53 Å². The molecule has 1 amide bonds. The Bertz CT molecular complexity index is 1060. The van der Waals surface area contributed by atoms with Crippen molar-refractivity contribution in [2.75, 3.05) is 11.9 Å². The molecule has 0 spiro atoms. The predicted molar refractivity (Wildman–Crippen MR) is 125 cm³/mol. The van der Waals surface area contributed by atoms with Crippen LogP contribution in [0.3, 0.4) is 0 Å². The molecule has 0 saturated heterocycles. The molecule has 0 fully saturated rings. The number of amides is 1. The number of halogens is 2. The molecule has 1 heterocycles. The molecule has 0 aliphatic rings. The number of carbonyl (C=O) groups excluding carboxylic acids is 1. The third-order valence-electron chi connectivity index (χ3n) is 4.46. The molecule has 1 aromatic heterocycles. The highest BCUT2D eigenvalue weighted by Crippen LogP contribution is 2.32. The van der Waals surface area contributed by atoms with Crippen molar-refractivity contribution in [2.45, 2.75) is 39.5 Å². The Morgan fingerprint density at radius 2 is 1.90 bits per heavy atom. The lowest BCUT2D eigenvalue weighted by Crippen LogP contribution is -2.22. The van der Waals surface area contributed by atoms with E-state index < -0.39 is 0 Å². The van der Waals surface area contributed by atoms with Gasteiger partial charge in [-0.25, -0.2) is 4.98 Å². The van der Waals surface area contributed by atoms with E-state index in [1.165, 1.54) is 11.3 Å². The first-order valence-electron chi connectivity index (χ1n) is 9.54. The first-order chi connectivity index (χ1) is 14.1. The van der Waals surface area contributed by atoms with E-state index in [0.29, 0.717) is 21.6 Å². The van der Waals surface area contributed by atoms with Crippen molar-refractivity contribution in [2.24, 2.45) is 0 Å². The molecule has 0 aliphatic carbocycles. The van der Waals surface area contributed by atoms with Gasteiger partial charge in [-0.3, -0.25) is 10.1 Å². The number of aromatic nitrogens is 1. The van der Waals surface area contributed by atoms with Gasteiger partial charge < -0.3 is 4.74 Å². The van der Waals surface area contributed by atoms with Crippen LogP contribution in [0.1, 0.15) is 42.3 Å². The monoisotopic (exact) mass is 462 g/mol. The normalized spacial score (nSPS) is 11.4. The van der Waals surface area contributed by atoms with Gasteiger partial charge in [-0.2, -0.15) is 0 Å². The van der Waals surface area contributed by atoms with E-state index in [9.17, 15) is 4.79 Å². The summed E-state index contributed by atoms with van der Waals surface area (Å²) in [5.74, 6) is 0.480. The van der Waals surface area contributed by atoms with Gasteiger partial charge in [-0.1, -0.05) is 67.7 Å². The second-order valence-corrected chi connectivity index (χ2v) is 10.1. The van der Waals surface area contributed by atoms with E-state index in [2.05, 4.69) is 37.1 Å². The Morgan fingerprint density at radius 3 is 2.60 bits per heavy atom. The summed E-state index contributed by atoms with van der Waals surface area (Å²) in [7, 11) is 0. The summed E-state index contributed by atoms with van der Waals surface area (Å²) in [6.45, 7) is 8.34. The molecule has 7 heteroatoms. The van der Waals surface area contributed by atoms with Crippen molar-refractivity contribution in [1.29, 1.82) is 0 Å². The van der Waals surface area contributed by atoms with Gasteiger partial charge in [-0.15, -0.1) is 11.3 Å². The van der Waals surface area contributed by atoms with Gasteiger partial charge in [0.25, 0.3) is 5.91 Å². The molecule has 3 aromatic rings. The van der Waals surface area contributed by atoms with E-state index >= 15 is 0 Å². The van der Waals surface area contributed by atoms with Crippen molar-refractivity contribution in [3.8, 4) is 5.75 Å². The van der Waals surface area contributed by atoms with Crippen LogP contribution in [0.15, 0.2) is 42.6 Å². The van der Waals surface area contributed by atoms with Gasteiger partial charge >= 0.3 is 0 Å². The SMILES string of the molecule is Cc1ccc(OCC(=O)Nc2ncc(Cc3ccc(Cl)c(Cl)c3)s2)c(C(C)(C)C)c1. The number of ether oxygens (including phenoxy) is 1. The Hall–Kier alpha value is -2.08. The van der Waals surface area contributed by atoms with Crippen LogP contribution in [-0.4, -0.2) is 17.5 Å². The van der Waals surface area contributed by atoms with Crippen LogP contribution >= 0.6 is 34.5 Å². The topological polar surface area (TPSA) is 51.2 Å². The largest absolute Gasteiger partial charge is 0.483 e. The summed E-state index contributed by atoms with van der Waals surface area (Å²) in [4.78, 5) is 17.7. The molecule has 2 aromatic carbocycles. The summed E-state index contributed by atoms with van der Waals surface area (Å²) >= 11 is 13.5. The molecule has 4 nitrogen and oxygen atoms in total. The number of aryl methyl sites for hydroxylation is 1. The number of thiazole rings is 1. The van der Waals surface area contributed by atoms with Gasteiger partial charge in [0, 0.05) is 17.5 Å². The minimum absolute atomic E-state index is 0.0755. The van der Waals surface area contributed by atoms with Gasteiger partial charge in [0.15, 0.2) is 11.7 Å². The number of nitrogens with zero attached hydrogens (tertiary/aromatic N) is 1. The van der Waals surface area contributed by atoms with E-state index in [-0.39, 0.29) is 17.9 Å². The Morgan fingerprint density at radius 1 is 1.13 bits per heavy atom. The number of benzene rings is 2. The average molecular weight is 463 g/mol. The predicted octanol–water partition coefficient (Wildman–Crippen LogP) is 6.66. The molecule has 0 unspecified atom stereocenters. The van der Waals surface area contributed by atoms with E-state index in [1.54, 1.807) is 12.3 Å². The zero-order valence-corrected chi connectivity index (χ0v) is 19.7. The maximum Gasteiger partial charge on any atom is 0.264 e. The zero-order valence-electron chi connectivity index (χ0n) is 17.4. The minimum atomic E-state index is -0.245. The quantitative estimate of drug-likeness (QED) is 0.445. The maximum absolute atomic E-state index is 12.4. The third-order valence-corrected chi connectivity index (χ3v) is 6.12. The summed E-state index contributed by atoms with van der Waals surface area (Å²) < 4.78 is 5.82. The average Bonchev–Trinajstić information content (AvgIpc) is 3.09. The van der Waals surface area contributed by atoms with Crippen LogP contribution in [0.5, 0.6) is 5.75 Å². The Labute approximate surface area is 191 Å². The van der Waals surface area contributed by atoms with Gasteiger partial charge in [0.1, 0.15) is 5.75 Å². The van der Waals surface area contributed by atoms with Crippen molar-refractivity contribution in [3.63, 3.8) is 0 Å². The summed E-state index contributed by atoms with van der Waals surface area (Å²) in [6.07, 6.45) is 2.42. The number of rotatable bonds is 6. The smallest absolute Gasteiger partial charge is 0.264 e. The summed E-state index contributed by atoms with van der Waals surface area (Å²) in [5.41, 5.74) is 3.19. The zero-order chi connectivity index (χ0) is 21.9. The second kappa shape index (κ2) is 9.38. The lowest BCUT2D eigenvalue weighted by molar-refractivity contribution is -0.118. The number of anilines is 1. The highest BCUT2D eigenvalue weighted by molar-refractivity contribution is 7.15. The van der Waals surface area contributed by atoms with Crippen molar-refractivity contribution >= 4 is 45.6 Å². The molecule has 30 heavy (non-hydrogen) atoms. The maximum atomic E-state index is 12.4. The van der Waals surface area contributed by atoms with Crippen molar-refractivity contribution in [1.82, 2.24) is 4.98 Å². The van der Waals surface area contributed by atoms with E-state index in [0.717, 1.165) is 27.3 Å². The first kappa shape index (κ1) is 22.6.